The summed E-state index contributed by atoms with van der Waals surface area (Å²) in [5.41, 5.74) is 7.53. The standard InChI is InChI=1S/C55H60N4O9S3/c1-54(2)45-36-43(71(65,66)67)27-29-46(45)57(34-15-9-14-23-52(62)68-59-50(60)32-33-51(59)61)48(54)30-24-39-19-16-20-40(53(39)69-41-21-12-8-13-22-41)25-31-49-55(3,4)44-35-42(70(63,64)56(5)6)26-28-47(44)58(49)37-38-17-10-7-11-18-38/h7-8,10-13,17-18,21-22,24-31,35-36H,9,14-16,19-20,23,32-34,37H2,1-6H3. The van der Waals surface area contributed by atoms with Gasteiger partial charge in [-0.1, -0.05) is 92.7 Å². The summed E-state index contributed by atoms with van der Waals surface area (Å²) in [5.74, 6) is -1.69. The molecule has 3 aliphatic heterocycles. The van der Waals surface area contributed by atoms with Crippen molar-refractivity contribution in [1.82, 2.24) is 9.37 Å². The Morgan fingerprint density at radius 2 is 1.44 bits per heavy atom. The van der Waals surface area contributed by atoms with E-state index in [0.29, 0.717) is 43.0 Å². The summed E-state index contributed by atoms with van der Waals surface area (Å²) < 4.78 is 67.2. The first-order valence-electron chi connectivity index (χ1n) is 23.9. The number of allylic oxidation sites excluding steroid dienone is 7. The summed E-state index contributed by atoms with van der Waals surface area (Å²) in [4.78, 5) is 45.8. The predicted molar refractivity (Wildman–Crippen MR) is 274 cm³/mol. The van der Waals surface area contributed by atoms with Gasteiger partial charge in [-0.15, -0.1) is 5.06 Å². The van der Waals surface area contributed by atoms with Gasteiger partial charge in [0.2, 0.25) is 15.7 Å². The van der Waals surface area contributed by atoms with Crippen molar-refractivity contribution in [2.75, 3.05) is 25.5 Å². The van der Waals surface area contributed by atoms with E-state index in [-0.39, 0.29) is 29.1 Å². The SMILES string of the molecule is CN(C)S(=O)(=O)c1ccc2c(c1)C(C)(C)C(/C=C/C1=C(Sc3ccccc3)C(=C/C=C3/N(CCCCCC(=O)ON4C(=O)CCC4=O)c4ccc(S(=O)(=O)[O-])cc4C3(C)C)/CCC1)=[N+]2Cc1ccccc1. The highest BCUT2D eigenvalue weighted by molar-refractivity contribution is 8.03. The van der Waals surface area contributed by atoms with Crippen LogP contribution in [0, 0.1) is 0 Å². The lowest BCUT2D eigenvalue weighted by Crippen LogP contribution is -2.32. The number of carbonyl (C=O) groups excluding carboxylic acids is 3. The van der Waals surface area contributed by atoms with Crippen molar-refractivity contribution < 1.29 is 45.2 Å². The first kappa shape index (κ1) is 51.4. The zero-order chi connectivity index (χ0) is 50.9. The third kappa shape index (κ3) is 10.8. The van der Waals surface area contributed by atoms with Gasteiger partial charge >= 0.3 is 5.97 Å². The van der Waals surface area contributed by atoms with Gasteiger partial charge in [0.1, 0.15) is 10.1 Å². The molecular weight excluding hydrogens is 957 g/mol. The van der Waals surface area contributed by atoms with Crippen LogP contribution in [0.25, 0.3) is 0 Å². The molecule has 0 unspecified atom stereocenters. The molecule has 0 saturated carbocycles. The Kier molecular flexibility index (Phi) is 15.0. The molecule has 1 saturated heterocycles. The Balaban J connectivity index is 1.15. The summed E-state index contributed by atoms with van der Waals surface area (Å²) in [6, 6.07) is 30.5. The molecule has 1 fully saturated rings. The molecule has 0 spiro atoms. The maximum atomic E-state index is 13.4. The van der Waals surface area contributed by atoms with Crippen LogP contribution in [-0.4, -0.2) is 79.5 Å². The molecule has 16 heteroatoms. The number of nitrogens with zero attached hydrogens (tertiary/aromatic N) is 4. The first-order chi connectivity index (χ1) is 33.7. The highest BCUT2D eigenvalue weighted by Gasteiger charge is 2.46. The van der Waals surface area contributed by atoms with E-state index < -0.39 is 48.8 Å². The second kappa shape index (κ2) is 20.7. The highest BCUT2D eigenvalue weighted by atomic mass is 32.2. The van der Waals surface area contributed by atoms with Crippen LogP contribution in [0.1, 0.15) is 102 Å². The number of hydrogen-bond acceptors (Lipinski definition) is 11. The molecule has 372 valence electrons. The van der Waals surface area contributed by atoms with E-state index in [2.05, 4.69) is 71.9 Å². The van der Waals surface area contributed by atoms with Gasteiger partial charge in [0.05, 0.1) is 15.2 Å². The van der Waals surface area contributed by atoms with E-state index in [9.17, 15) is 35.8 Å². The van der Waals surface area contributed by atoms with Crippen LogP contribution in [0.2, 0.25) is 0 Å². The molecule has 0 bridgehead atoms. The number of hydrogen-bond donors (Lipinski definition) is 0. The summed E-state index contributed by atoms with van der Waals surface area (Å²) >= 11 is 1.71. The summed E-state index contributed by atoms with van der Waals surface area (Å²) in [6.07, 6.45) is 13.1. The lowest BCUT2D eigenvalue weighted by molar-refractivity contribution is -0.455. The van der Waals surface area contributed by atoms with Crippen molar-refractivity contribution in [3.8, 4) is 0 Å². The van der Waals surface area contributed by atoms with Gasteiger partial charge in [-0.2, -0.15) is 4.58 Å². The topological polar surface area (TPSA) is 165 Å². The predicted octanol–water partition coefficient (Wildman–Crippen LogP) is 9.98. The molecule has 0 atom stereocenters. The minimum Gasteiger partial charge on any atom is -0.744 e. The second-order valence-corrected chi connectivity index (χ2v) is 24.1. The van der Waals surface area contributed by atoms with Crippen LogP contribution in [0.4, 0.5) is 11.4 Å². The second-order valence-electron chi connectivity index (χ2n) is 19.5. The van der Waals surface area contributed by atoms with Crippen LogP contribution < -0.4 is 4.90 Å². The van der Waals surface area contributed by atoms with Crippen LogP contribution in [-0.2, 0) is 56.7 Å². The average molecular weight is 1020 g/mol. The average Bonchev–Trinajstić information content (AvgIpc) is 3.84. The number of imide groups is 1. The molecule has 71 heavy (non-hydrogen) atoms. The fraction of sp³-hybridized carbons (Fsp3) is 0.345. The molecule has 3 heterocycles. The van der Waals surface area contributed by atoms with E-state index in [4.69, 9.17) is 4.84 Å². The van der Waals surface area contributed by atoms with Gasteiger partial charge in [0.15, 0.2) is 12.3 Å². The monoisotopic (exact) mass is 1020 g/mol. The number of hydroxylamine groups is 2. The van der Waals surface area contributed by atoms with E-state index in [1.54, 1.807) is 38.0 Å². The smallest absolute Gasteiger partial charge is 0.333 e. The fourth-order valence-electron chi connectivity index (χ4n) is 9.85. The molecule has 13 nitrogen and oxygen atoms in total. The van der Waals surface area contributed by atoms with Crippen molar-refractivity contribution in [2.24, 2.45) is 0 Å². The van der Waals surface area contributed by atoms with E-state index in [1.807, 2.05) is 62.4 Å². The maximum Gasteiger partial charge on any atom is 0.333 e. The van der Waals surface area contributed by atoms with E-state index in [1.165, 1.54) is 16.4 Å². The highest BCUT2D eigenvalue weighted by Crippen LogP contribution is 2.50. The van der Waals surface area contributed by atoms with Crippen LogP contribution in [0.15, 0.2) is 158 Å². The zero-order valence-corrected chi connectivity index (χ0v) is 43.5. The third-order valence-corrected chi connectivity index (χ3v) is 17.6. The molecular formula is C55H60N4O9S3. The molecule has 0 aromatic heterocycles. The Morgan fingerprint density at radius 1 is 0.775 bits per heavy atom. The van der Waals surface area contributed by atoms with Crippen LogP contribution >= 0.6 is 11.8 Å². The Labute approximate surface area is 422 Å². The van der Waals surface area contributed by atoms with E-state index >= 15 is 0 Å². The fourth-order valence-corrected chi connectivity index (χ4v) is 12.4. The molecule has 4 aliphatic rings. The van der Waals surface area contributed by atoms with Crippen molar-refractivity contribution in [3.63, 3.8) is 0 Å². The summed E-state index contributed by atoms with van der Waals surface area (Å²) in [7, 11) is -5.33. The molecule has 4 aromatic carbocycles. The number of benzene rings is 4. The lowest BCUT2D eigenvalue weighted by atomic mass is 9.81. The van der Waals surface area contributed by atoms with Gasteiger partial charge in [-0.05, 0) is 111 Å². The van der Waals surface area contributed by atoms with Crippen LogP contribution in [0.5, 0.6) is 0 Å². The number of carbonyl (C=O) groups is 3. The first-order valence-corrected chi connectivity index (χ1v) is 27.6. The normalized spacial score (nSPS) is 19.0. The van der Waals surface area contributed by atoms with Crippen molar-refractivity contribution in [2.45, 2.75) is 118 Å². The van der Waals surface area contributed by atoms with Crippen molar-refractivity contribution in [3.05, 3.63) is 160 Å². The molecule has 4 aromatic rings. The number of sulfonamides is 1. The van der Waals surface area contributed by atoms with Gasteiger partial charge < -0.3 is 14.3 Å². The number of amides is 2. The third-order valence-electron chi connectivity index (χ3n) is 13.8. The van der Waals surface area contributed by atoms with Crippen LogP contribution in [0.3, 0.4) is 0 Å². The van der Waals surface area contributed by atoms with E-state index in [0.717, 1.165) is 74.1 Å². The van der Waals surface area contributed by atoms with Crippen molar-refractivity contribution >= 4 is 66.8 Å². The number of anilines is 1. The molecule has 1 aliphatic carbocycles. The Morgan fingerprint density at radius 3 is 2.11 bits per heavy atom. The van der Waals surface area contributed by atoms with Gasteiger partial charge in [0, 0.05) is 89.8 Å². The summed E-state index contributed by atoms with van der Waals surface area (Å²) in [6.45, 7) is 9.46. The lowest BCUT2D eigenvalue weighted by Gasteiger charge is -2.27. The quantitative estimate of drug-likeness (QED) is 0.0428. The molecule has 8 rings (SSSR count). The Hall–Kier alpha value is -5.91. The number of thioether (sulfide) groups is 1. The minimum atomic E-state index is -4.73. The van der Waals surface area contributed by atoms with Gasteiger partial charge in [-0.3, -0.25) is 9.59 Å². The number of unbranched alkanes of at least 4 members (excludes halogenated alkanes) is 2. The van der Waals surface area contributed by atoms with Crippen molar-refractivity contribution in [1.29, 1.82) is 0 Å². The van der Waals surface area contributed by atoms with Gasteiger partial charge in [0.25, 0.3) is 11.8 Å². The molecule has 2 amide bonds. The Bertz CT molecular complexity index is 3140. The number of rotatable bonds is 17. The minimum absolute atomic E-state index is 0.0232. The largest absolute Gasteiger partial charge is 0.744 e. The van der Waals surface area contributed by atoms with Gasteiger partial charge in [-0.25, -0.2) is 25.9 Å². The zero-order valence-electron chi connectivity index (χ0n) is 41.0. The summed E-state index contributed by atoms with van der Waals surface area (Å²) in [5, 5.41) is 0.562. The number of fused-ring (bicyclic) bond motifs is 2. The molecule has 0 radical (unpaired) electrons. The maximum absolute atomic E-state index is 13.4. The molecule has 0 N–H and O–H groups in total.